The highest BCUT2D eigenvalue weighted by Gasteiger charge is 2.25. The van der Waals surface area contributed by atoms with Crippen LogP contribution in [-0.4, -0.2) is 16.9 Å². The number of H-pyrrole nitrogens is 1. The number of carbonyl (C=O) groups is 1. The van der Waals surface area contributed by atoms with Gasteiger partial charge in [0.15, 0.2) is 5.70 Å². The van der Waals surface area contributed by atoms with Crippen LogP contribution in [0.25, 0.3) is 6.08 Å². The van der Waals surface area contributed by atoms with Crippen LogP contribution in [-0.2, 0) is 14.9 Å². The molecule has 0 amide bonds. The topological polar surface area (TPSA) is 78.2 Å². The van der Waals surface area contributed by atoms with Gasteiger partial charge in [-0.2, -0.15) is 5.26 Å². The summed E-state index contributed by atoms with van der Waals surface area (Å²) in [4.78, 5) is 19.1. The van der Waals surface area contributed by atoms with E-state index >= 15 is 0 Å². The molecule has 5 nitrogen and oxygen atoms in total. The van der Waals surface area contributed by atoms with Crippen molar-refractivity contribution in [2.45, 2.75) is 19.3 Å². The number of aromatic amines is 1. The fourth-order valence-electron chi connectivity index (χ4n) is 2.21. The summed E-state index contributed by atoms with van der Waals surface area (Å²) < 4.78 is 5.22. The SMILES string of the molecule is CC(C)(C#N)c1ccc(C2=N/C(=C\c3ccc[nH]3)C(=O)O2)cc1. The Morgan fingerprint density at radius 1 is 1.26 bits per heavy atom. The number of cyclic esters (lactones) is 1. The summed E-state index contributed by atoms with van der Waals surface area (Å²) in [5.41, 5.74) is 2.07. The average molecular weight is 305 g/mol. The molecule has 0 radical (unpaired) electrons. The first-order valence-corrected chi connectivity index (χ1v) is 7.18. The molecule has 3 rings (SSSR count). The van der Waals surface area contributed by atoms with Crippen molar-refractivity contribution in [1.82, 2.24) is 4.98 Å². The predicted molar refractivity (Wildman–Crippen MR) is 86.5 cm³/mol. The molecule has 2 aromatic rings. The van der Waals surface area contributed by atoms with Gasteiger partial charge >= 0.3 is 5.97 Å². The number of aromatic nitrogens is 1. The largest absolute Gasteiger partial charge is 0.402 e. The normalized spacial score (nSPS) is 16.1. The molecule has 1 aromatic carbocycles. The fraction of sp³-hybridized carbons (Fsp3) is 0.167. The molecule has 0 spiro atoms. The van der Waals surface area contributed by atoms with Gasteiger partial charge in [0, 0.05) is 17.5 Å². The number of nitriles is 1. The quantitative estimate of drug-likeness (QED) is 0.699. The minimum absolute atomic E-state index is 0.254. The highest BCUT2D eigenvalue weighted by Crippen LogP contribution is 2.24. The van der Waals surface area contributed by atoms with Crippen molar-refractivity contribution in [3.8, 4) is 6.07 Å². The number of hydrogen-bond donors (Lipinski definition) is 1. The Balaban J connectivity index is 1.88. The Labute approximate surface area is 133 Å². The summed E-state index contributed by atoms with van der Waals surface area (Å²) in [5, 5.41) is 9.17. The maximum absolute atomic E-state index is 11.9. The van der Waals surface area contributed by atoms with Gasteiger partial charge in [-0.05, 0) is 49.8 Å². The fourth-order valence-corrected chi connectivity index (χ4v) is 2.21. The van der Waals surface area contributed by atoms with Crippen LogP contribution in [0.15, 0.2) is 53.3 Å². The van der Waals surface area contributed by atoms with Crippen LogP contribution in [0.3, 0.4) is 0 Å². The number of benzene rings is 1. The molecule has 0 aliphatic carbocycles. The first-order valence-electron chi connectivity index (χ1n) is 7.18. The smallest absolute Gasteiger partial charge is 0.363 e. The van der Waals surface area contributed by atoms with Gasteiger partial charge in [0.05, 0.1) is 11.5 Å². The second-order valence-electron chi connectivity index (χ2n) is 5.78. The van der Waals surface area contributed by atoms with Crippen LogP contribution in [0.4, 0.5) is 0 Å². The molecule has 0 atom stereocenters. The first kappa shape index (κ1) is 14.8. The zero-order chi connectivity index (χ0) is 16.4. The molecule has 2 heterocycles. The summed E-state index contributed by atoms with van der Waals surface area (Å²) in [5.74, 6) is -0.204. The molecule has 5 heteroatoms. The Bertz CT molecular complexity index is 835. The van der Waals surface area contributed by atoms with Crippen molar-refractivity contribution in [2.75, 3.05) is 0 Å². The number of hydrogen-bond acceptors (Lipinski definition) is 4. The maximum atomic E-state index is 11.9. The number of nitrogens with one attached hydrogen (secondary N) is 1. The zero-order valence-electron chi connectivity index (χ0n) is 12.8. The summed E-state index contributed by atoms with van der Waals surface area (Å²) in [6.45, 7) is 3.71. The lowest BCUT2D eigenvalue weighted by Gasteiger charge is -2.15. The number of aliphatic imine (C=N–C) groups is 1. The maximum Gasteiger partial charge on any atom is 0.363 e. The predicted octanol–water partition coefficient (Wildman–Crippen LogP) is 3.16. The standard InChI is InChI=1S/C18H15N3O2/c1-18(2,11-19)13-7-5-12(6-8-13)16-21-15(17(22)23-16)10-14-4-3-9-20-14/h3-10,20H,1-2H3/b15-10-. The average Bonchev–Trinajstić information content (AvgIpc) is 3.18. The number of rotatable bonds is 3. The van der Waals surface area contributed by atoms with E-state index in [4.69, 9.17) is 10.00 Å². The second kappa shape index (κ2) is 5.58. The van der Waals surface area contributed by atoms with Crippen molar-refractivity contribution in [2.24, 2.45) is 4.99 Å². The van der Waals surface area contributed by atoms with Crippen molar-refractivity contribution in [3.63, 3.8) is 0 Å². The minimum Gasteiger partial charge on any atom is -0.402 e. The van der Waals surface area contributed by atoms with Gasteiger partial charge in [-0.1, -0.05) is 12.1 Å². The van der Waals surface area contributed by atoms with Crippen LogP contribution < -0.4 is 0 Å². The molecular weight excluding hydrogens is 290 g/mol. The van der Waals surface area contributed by atoms with E-state index in [0.29, 0.717) is 5.56 Å². The second-order valence-corrected chi connectivity index (χ2v) is 5.78. The van der Waals surface area contributed by atoms with E-state index < -0.39 is 11.4 Å². The molecule has 1 aliphatic heterocycles. The Hall–Kier alpha value is -3.13. The lowest BCUT2D eigenvalue weighted by Crippen LogP contribution is -2.14. The first-order chi connectivity index (χ1) is 11.0. The highest BCUT2D eigenvalue weighted by atomic mass is 16.6. The van der Waals surface area contributed by atoms with E-state index in [9.17, 15) is 4.79 Å². The van der Waals surface area contributed by atoms with Crippen molar-refractivity contribution in [3.05, 3.63) is 65.1 Å². The van der Waals surface area contributed by atoms with E-state index in [1.165, 1.54) is 0 Å². The Kier molecular flexibility index (Phi) is 3.59. The summed E-state index contributed by atoms with van der Waals surface area (Å²) in [6, 6.07) is 13.2. The van der Waals surface area contributed by atoms with Crippen molar-refractivity contribution >= 4 is 17.9 Å². The third-order valence-corrected chi connectivity index (χ3v) is 3.67. The van der Waals surface area contributed by atoms with Crippen LogP contribution >= 0.6 is 0 Å². The molecule has 1 aromatic heterocycles. The zero-order valence-corrected chi connectivity index (χ0v) is 12.8. The molecule has 0 fully saturated rings. The molecular formula is C18H15N3O2. The lowest BCUT2D eigenvalue weighted by atomic mass is 9.86. The van der Waals surface area contributed by atoms with Crippen molar-refractivity contribution < 1.29 is 9.53 Å². The van der Waals surface area contributed by atoms with E-state index in [-0.39, 0.29) is 11.6 Å². The number of ether oxygens (including phenoxy) is 1. The lowest BCUT2D eigenvalue weighted by molar-refractivity contribution is -0.129. The molecule has 0 saturated carbocycles. The van der Waals surface area contributed by atoms with Gasteiger partial charge in [0.2, 0.25) is 5.90 Å². The van der Waals surface area contributed by atoms with E-state index in [0.717, 1.165) is 11.3 Å². The van der Waals surface area contributed by atoms with Gasteiger partial charge in [0.1, 0.15) is 0 Å². The summed E-state index contributed by atoms with van der Waals surface area (Å²) in [7, 11) is 0. The van der Waals surface area contributed by atoms with Gasteiger partial charge in [-0.25, -0.2) is 9.79 Å². The van der Waals surface area contributed by atoms with Gasteiger partial charge in [-0.15, -0.1) is 0 Å². The van der Waals surface area contributed by atoms with Crippen LogP contribution in [0.1, 0.15) is 30.7 Å². The Morgan fingerprint density at radius 2 is 2.00 bits per heavy atom. The van der Waals surface area contributed by atoms with E-state index in [1.54, 1.807) is 24.4 Å². The monoisotopic (exact) mass is 305 g/mol. The molecule has 23 heavy (non-hydrogen) atoms. The number of nitrogens with zero attached hydrogens (tertiary/aromatic N) is 2. The molecule has 1 N–H and O–H groups in total. The minimum atomic E-state index is -0.564. The molecule has 0 saturated heterocycles. The van der Waals surface area contributed by atoms with Gasteiger partial charge < -0.3 is 9.72 Å². The van der Waals surface area contributed by atoms with Crippen molar-refractivity contribution in [1.29, 1.82) is 5.26 Å². The summed E-state index contributed by atoms with van der Waals surface area (Å²) >= 11 is 0. The molecule has 0 unspecified atom stereocenters. The summed E-state index contributed by atoms with van der Waals surface area (Å²) in [6.07, 6.45) is 3.41. The molecule has 1 aliphatic rings. The third kappa shape index (κ3) is 2.92. The van der Waals surface area contributed by atoms with Crippen LogP contribution in [0.2, 0.25) is 0 Å². The van der Waals surface area contributed by atoms with Crippen LogP contribution in [0.5, 0.6) is 0 Å². The molecule has 114 valence electrons. The van der Waals surface area contributed by atoms with E-state index in [1.807, 2.05) is 38.1 Å². The molecule has 0 bridgehead atoms. The Morgan fingerprint density at radius 3 is 2.61 bits per heavy atom. The number of carbonyl (C=O) groups excluding carboxylic acids is 1. The van der Waals surface area contributed by atoms with Gasteiger partial charge in [-0.3, -0.25) is 0 Å². The van der Waals surface area contributed by atoms with E-state index in [2.05, 4.69) is 16.0 Å². The number of esters is 1. The van der Waals surface area contributed by atoms with Gasteiger partial charge in [0.25, 0.3) is 0 Å². The van der Waals surface area contributed by atoms with Crippen LogP contribution in [0, 0.1) is 11.3 Å². The highest BCUT2D eigenvalue weighted by molar-refractivity contribution is 6.12. The third-order valence-electron chi connectivity index (χ3n) is 3.67.